The van der Waals surface area contributed by atoms with E-state index in [4.69, 9.17) is 9.47 Å². The summed E-state index contributed by atoms with van der Waals surface area (Å²) in [7, 11) is 0. The number of carbonyl (C=O) groups excluding carboxylic acids is 2. The van der Waals surface area contributed by atoms with Crippen molar-refractivity contribution in [3.05, 3.63) is 99.2 Å². The molecule has 4 aromatic carbocycles. The van der Waals surface area contributed by atoms with Crippen molar-refractivity contribution >= 4 is 103 Å². The van der Waals surface area contributed by atoms with Gasteiger partial charge in [0.05, 0.1) is 28.5 Å². The number of carbonyl (C=O) groups is 2. The Bertz CT molecular complexity index is 2090. The van der Waals surface area contributed by atoms with E-state index in [9.17, 15) is 35.3 Å². The van der Waals surface area contributed by atoms with Crippen molar-refractivity contribution < 1.29 is 44.8 Å². The number of nitrogens with one attached hydrogen (secondary N) is 2. The van der Waals surface area contributed by atoms with Gasteiger partial charge in [-0.25, -0.2) is 0 Å². The number of phenols is 2. The smallest absolute Gasteiger partial charge is 0.269 e. The van der Waals surface area contributed by atoms with Crippen molar-refractivity contribution in [3.8, 4) is 34.5 Å². The Morgan fingerprint density at radius 1 is 0.635 bits per heavy atom. The van der Waals surface area contributed by atoms with Crippen LogP contribution in [-0.2, 0) is 28.9 Å². The number of hydrogen-bond donors (Lipinski definition) is 7. The Hall–Kier alpha value is -3.68. The van der Waals surface area contributed by atoms with E-state index in [1.165, 1.54) is 12.1 Å². The molecule has 0 unspecified atom stereocenters. The van der Waals surface area contributed by atoms with Crippen molar-refractivity contribution in [2.45, 2.75) is 25.4 Å². The Morgan fingerprint density at radius 3 is 1.75 bits per heavy atom. The molecular weight excluding hydrogens is 1010 g/mol. The number of oxime groups is 2. The van der Waals surface area contributed by atoms with Gasteiger partial charge in [0.15, 0.2) is 28.7 Å². The normalized spacial score (nSPS) is 17.5. The van der Waals surface area contributed by atoms with E-state index >= 15 is 0 Å². The summed E-state index contributed by atoms with van der Waals surface area (Å²) < 4.78 is 13.9. The summed E-state index contributed by atoms with van der Waals surface area (Å²) in [4.78, 5) is 26.0. The molecule has 0 saturated heterocycles. The number of amides is 2. The van der Waals surface area contributed by atoms with Gasteiger partial charge in [-0.15, -0.1) is 0 Å². The summed E-state index contributed by atoms with van der Waals surface area (Å²) in [5, 5.41) is 63.5. The average Bonchev–Trinajstić information content (AvgIpc) is 3.10. The quantitative estimate of drug-likeness (QED) is 0.0679. The zero-order valence-electron chi connectivity index (χ0n) is 26.5. The maximum absolute atomic E-state index is 13.0. The highest BCUT2D eigenvalue weighted by Gasteiger charge is 2.22. The molecule has 4 aliphatic rings. The van der Waals surface area contributed by atoms with Crippen molar-refractivity contribution in [3.63, 3.8) is 0 Å². The number of aliphatic hydroxyl groups is 1. The topological polar surface area (TPSA) is 203 Å². The molecule has 7 N–H and O–H groups in total. The maximum Gasteiger partial charge on any atom is 0.269 e. The van der Waals surface area contributed by atoms with Crippen LogP contribution in [0.5, 0.6) is 34.5 Å². The number of aliphatic hydroxyl groups excluding tert-OH is 1. The van der Waals surface area contributed by atoms with E-state index in [-0.39, 0.29) is 70.6 Å². The Kier molecular flexibility index (Phi) is 13.2. The summed E-state index contributed by atoms with van der Waals surface area (Å²) in [5.41, 5.74) is 1.69. The van der Waals surface area contributed by atoms with Crippen LogP contribution in [0.15, 0.2) is 87.3 Å². The van der Waals surface area contributed by atoms with E-state index in [2.05, 4.69) is 101 Å². The molecule has 18 heteroatoms. The lowest BCUT2D eigenvalue weighted by molar-refractivity contribution is -0.116. The van der Waals surface area contributed by atoms with E-state index in [1.807, 2.05) is 0 Å². The predicted octanol–water partition coefficient (Wildman–Crippen LogP) is 7.76. The van der Waals surface area contributed by atoms with Crippen LogP contribution in [0, 0.1) is 0 Å². The van der Waals surface area contributed by atoms with Gasteiger partial charge >= 0.3 is 0 Å². The average molecular weight is 1040 g/mol. The first kappa shape index (κ1) is 39.5. The number of hydrogen-bond acceptors (Lipinski definition) is 11. The molecular formula is C34H27Br5N4O9. The molecule has 272 valence electrons. The fourth-order valence-corrected chi connectivity index (χ4v) is 7.94. The van der Waals surface area contributed by atoms with Crippen LogP contribution in [0.25, 0.3) is 0 Å². The third kappa shape index (κ3) is 9.45. The lowest BCUT2D eigenvalue weighted by Gasteiger charge is -2.17. The van der Waals surface area contributed by atoms with Gasteiger partial charge in [0.1, 0.15) is 17.2 Å². The molecule has 0 aromatic heterocycles. The highest BCUT2D eigenvalue weighted by Crippen LogP contribution is 2.44. The second-order valence-corrected chi connectivity index (χ2v) is 15.6. The molecule has 0 aliphatic carbocycles. The van der Waals surface area contributed by atoms with Gasteiger partial charge in [0.2, 0.25) is 0 Å². The van der Waals surface area contributed by atoms with Gasteiger partial charge in [-0.3, -0.25) is 9.59 Å². The molecule has 52 heavy (non-hydrogen) atoms. The lowest BCUT2D eigenvalue weighted by Crippen LogP contribution is -2.35. The number of ether oxygens (including phenoxy) is 2. The minimum Gasteiger partial charge on any atom is -0.503 e. The molecule has 8 bridgehead atoms. The molecule has 4 heterocycles. The van der Waals surface area contributed by atoms with Gasteiger partial charge in [0, 0.05) is 25.9 Å². The summed E-state index contributed by atoms with van der Waals surface area (Å²) >= 11 is 17.0. The van der Waals surface area contributed by atoms with Gasteiger partial charge in [-0.05, 0) is 157 Å². The fourth-order valence-electron chi connectivity index (χ4n) is 5.04. The molecule has 0 radical (unpaired) electrons. The van der Waals surface area contributed by atoms with Crippen molar-refractivity contribution in [2.75, 3.05) is 13.1 Å². The largest absolute Gasteiger partial charge is 0.503 e. The van der Waals surface area contributed by atoms with Crippen molar-refractivity contribution in [1.82, 2.24) is 10.6 Å². The van der Waals surface area contributed by atoms with E-state index in [0.29, 0.717) is 52.3 Å². The maximum atomic E-state index is 13.0. The summed E-state index contributed by atoms with van der Waals surface area (Å²) in [6.07, 6.45) is -1.06. The van der Waals surface area contributed by atoms with E-state index < -0.39 is 17.9 Å². The molecule has 0 saturated carbocycles. The molecule has 1 atom stereocenters. The Labute approximate surface area is 338 Å². The predicted molar refractivity (Wildman–Crippen MR) is 208 cm³/mol. The first-order valence-corrected chi connectivity index (χ1v) is 19.1. The fraction of sp³-hybridized carbons (Fsp3) is 0.176. The van der Waals surface area contributed by atoms with Gasteiger partial charge in [-0.2, -0.15) is 0 Å². The van der Waals surface area contributed by atoms with Crippen molar-refractivity contribution in [2.24, 2.45) is 10.3 Å². The van der Waals surface area contributed by atoms with Crippen LogP contribution < -0.4 is 20.1 Å². The minimum absolute atomic E-state index is 0.00238. The number of benzene rings is 4. The molecule has 13 nitrogen and oxygen atoms in total. The zero-order chi connectivity index (χ0) is 37.7. The van der Waals surface area contributed by atoms with E-state index in [1.54, 1.807) is 42.5 Å². The van der Waals surface area contributed by atoms with Crippen molar-refractivity contribution in [1.29, 1.82) is 0 Å². The third-order valence-corrected chi connectivity index (χ3v) is 10.7. The molecule has 4 aromatic rings. The highest BCUT2D eigenvalue weighted by atomic mass is 79.9. The molecule has 8 rings (SSSR count). The van der Waals surface area contributed by atoms with Crippen LogP contribution in [0.3, 0.4) is 0 Å². The third-order valence-electron chi connectivity index (χ3n) is 7.67. The zero-order valence-corrected chi connectivity index (χ0v) is 34.4. The van der Waals surface area contributed by atoms with Crippen LogP contribution in [-0.4, -0.2) is 62.1 Å². The van der Waals surface area contributed by atoms with Gasteiger partial charge in [-0.1, -0.05) is 16.4 Å². The monoisotopic (exact) mass is 1030 g/mol. The number of aromatic hydroxyl groups is 2. The van der Waals surface area contributed by atoms with Gasteiger partial charge < -0.3 is 45.8 Å². The highest BCUT2D eigenvalue weighted by molar-refractivity contribution is 9.11. The number of halogens is 5. The second kappa shape index (κ2) is 17.4. The molecule has 0 fully saturated rings. The van der Waals surface area contributed by atoms with Crippen LogP contribution >= 0.6 is 79.6 Å². The Balaban J connectivity index is 1.49. The number of phenolic OH excluding ortho intramolecular Hbond substituents is 2. The van der Waals surface area contributed by atoms with Crippen LogP contribution in [0.1, 0.15) is 28.4 Å². The first-order chi connectivity index (χ1) is 24.8. The van der Waals surface area contributed by atoms with Gasteiger partial charge in [0.25, 0.3) is 11.8 Å². The summed E-state index contributed by atoms with van der Waals surface area (Å²) in [5.74, 6) is -1.06. The molecule has 0 spiro atoms. The molecule has 4 aliphatic heterocycles. The molecule has 2 amide bonds. The number of rotatable bonds is 0. The summed E-state index contributed by atoms with van der Waals surface area (Å²) in [6, 6.07) is 14.3. The van der Waals surface area contributed by atoms with Crippen LogP contribution in [0.4, 0.5) is 0 Å². The number of nitrogens with zero attached hydrogens (tertiary/aromatic N) is 2. The first-order valence-electron chi connectivity index (χ1n) is 15.1. The summed E-state index contributed by atoms with van der Waals surface area (Å²) in [6.45, 7) is -0.0700. The standard InChI is InChI=1S/C34H27Br5N4O9/c35-19-13-18-1-2-27(19)51-28-11-15(5-20(36)30(28)45)3-4-40-33(47)24(42-49)9-16-7-22(38)32(23(39)8-16)52-29-12-17(6-21(37)31(29)46)10-25(43-50)34(48)41-14-26(18)44/h1-2,5-8,11-13,26,44-46,49-50H,3-4,9-10,14H2,(H,40,47)(H,41,48)/b42-24+,43-25-/t26-/m1/s1. The Morgan fingerprint density at radius 2 is 1.15 bits per heavy atom. The second-order valence-electron chi connectivity index (χ2n) is 11.3. The van der Waals surface area contributed by atoms with E-state index in [0.717, 1.165) is 0 Å². The van der Waals surface area contributed by atoms with Crippen LogP contribution in [0.2, 0.25) is 0 Å². The lowest BCUT2D eigenvalue weighted by atomic mass is 10.1. The SMILES string of the molecule is O=C1NC[C@@H](O)c2ccc(c(Br)c2)Oc2cc(cc(Br)c2O)CCNC(=O)/C(=N/O)Cc2cc(Br)c(c(Br)c2)Oc2cc(cc(Br)c2O)C/C1=N/O. The minimum atomic E-state index is -1.16.